The SMILES string of the molecule is Cc1cnccc1NC(=O)c1cc(N)c2ccccc2n1. The van der Waals surface area contributed by atoms with Crippen LogP contribution >= 0.6 is 0 Å². The third-order valence-electron chi connectivity index (χ3n) is 3.25. The standard InChI is InChI=1S/C16H14N4O/c1-10-9-18-7-6-13(10)20-16(21)15-8-12(17)11-4-2-3-5-14(11)19-15/h2-9H,1H3,(H2,17,19)(H,18,20,21). The van der Waals surface area contributed by atoms with Gasteiger partial charge < -0.3 is 11.1 Å². The smallest absolute Gasteiger partial charge is 0.274 e. The first-order valence-electron chi connectivity index (χ1n) is 6.52. The number of nitrogens with zero attached hydrogens (tertiary/aromatic N) is 2. The second-order valence-electron chi connectivity index (χ2n) is 4.76. The maximum absolute atomic E-state index is 12.3. The molecule has 0 fully saturated rings. The molecule has 5 heteroatoms. The maximum Gasteiger partial charge on any atom is 0.274 e. The second kappa shape index (κ2) is 5.20. The van der Waals surface area contributed by atoms with Crippen molar-refractivity contribution < 1.29 is 4.79 Å². The van der Waals surface area contributed by atoms with E-state index in [-0.39, 0.29) is 5.91 Å². The number of para-hydroxylation sites is 1. The molecule has 0 spiro atoms. The van der Waals surface area contributed by atoms with Crippen LogP contribution in [-0.2, 0) is 0 Å². The Morgan fingerprint density at radius 2 is 2.05 bits per heavy atom. The molecule has 3 aromatic rings. The summed E-state index contributed by atoms with van der Waals surface area (Å²) in [4.78, 5) is 20.7. The Kier molecular flexibility index (Phi) is 3.23. The molecule has 0 aliphatic rings. The fraction of sp³-hybridized carbons (Fsp3) is 0.0625. The van der Waals surface area contributed by atoms with E-state index in [9.17, 15) is 4.79 Å². The van der Waals surface area contributed by atoms with Crippen LogP contribution in [0.4, 0.5) is 11.4 Å². The highest BCUT2D eigenvalue weighted by Crippen LogP contribution is 2.21. The first kappa shape index (κ1) is 13.1. The lowest BCUT2D eigenvalue weighted by Crippen LogP contribution is -2.15. The molecule has 0 saturated carbocycles. The van der Waals surface area contributed by atoms with Crippen molar-refractivity contribution in [3.05, 3.63) is 60.0 Å². The summed E-state index contributed by atoms with van der Waals surface area (Å²) in [6.45, 7) is 1.88. The summed E-state index contributed by atoms with van der Waals surface area (Å²) in [5, 5.41) is 3.66. The van der Waals surface area contributed by atoms with Crippen LogP contribution in [0.15, 0.2) is 48.8 Å². The average molecular weight is 278 g/mol. The van der Waals surface area contributed by atoms with Crippen molar-refractivity contribution in [2.75, 3.05) is 11.1 Å². The van der Waals surface area contributed by atoms with Gasteiger partial charge in [-0.1, -0.05) is 18.2 Å². The van der Waals surface area contributed by atoms with Gasteiger partial charge in [0.1, 0.15) is 5.69 Å². The lowest BCUT2D eigenvalue weighted by molar-refractivity contribution is 0.102. The van der Waals surface area contributed by atoms with Gasteiger partial charge in [-0.05, 0) is 30.7 Å². The van der Waals surface area contributed by atoms with Gasteiger partial charge in [0, 0.05) is 29.2 Å². The molecule has 104 valence electrons. The van der Waals surface area contributed by atoms with E-state index in [0.29, 0.717) is 22.6 Å². The number of pyridine rings is 2. The minimum Gasteiger partial charge on any atom is -0.398 e. The van der Waals surface area contributed by atoms with Gasteiger partial charge in [-0.3, -0.25) is 9.78 Å². The molecule has 2 aromatic heterocycles. The van der Waals surface area contributed by atoms with E-state index in [4.69, 9.17) is 5.73 Å². The first-order chi connectivity index (χ1) is 10.1. The topological polar surface area (TPSA) is 80.9 Å². The van der Waals surface area contributed by atoms with Crippen molar-refractivity contribution >= 4 is 28.2 Å². The van der Waals surface area contributed by atoms with Crippen molar-refractivity contribution in [1.29, 1.82) is 0 Å². The number of rotatable bonds is 2. The molecule has 0 aliphatic heterocycles. The summed E-state index contributed by atoms with van der Waals surface area (Å²) in [5.74, 6) is -0.290. The van der Waals surface area contributed by atoms with Gasteiger partial charge in [0.25, 0.3) is 5.91 Å². The van der Waals surface area contributed by atoms with Crippen molar-refractivity contribution in [3.63, 3.8) is 0 Å². The summed E-state index contributed by atoms with van der Waals surface area (Å²) >= 11 is 0. The molecule has 1 amide bonds. The van der Waals surface area contributed by atoms with Crippen molar-refractivity contribution in [2.45, 2.75) is 6.92 Å². The minimum atomic E-state index is -0.290. The highest BCUT2D eigenvalue weighted by molar-refractivity contribution is 6.06. The molecule has 0 aliphatic carbocycles. The van der Waals surface area contributed by atoms with E-state index >= 15 is 0 Å². The quantitative estimate of drug-likeness (QED) is 0.755. The van der Waals surface area contributed by atoms with Crippen LogP contribution in [0.3, 0.4) is 0 Å². The number of anilines is 2. The monoisotopic (exact) mass is 278 g/mol. The number of fused-ring (bicyclic) bond motifs is 1. The minimum absolute atomic E-state index is 0.290. The van der Waals surface area contributed by atoms with Gasteiger partial charge in [-0.2, -0.15) is 0 Å². The number of aromatic nitrogens is 2. The van der Waals surface area contributed by atoms with E-state index in [0.717, 1.165) is 10.9 Å². The molecule has 5 nitrogen and oxygen atoms in total. The Bertz CT molecular complexity index is 829. The number of benzene rings is 1. The van der Waals surface area contributed by atoms with Gasteiger partial charge in [0.05, 0.1) is 5.52 Å². The van der Waals surface area contributed by atoms with Crippen LogP contribution in [0.25, 0.3) is 10.9 Å². The zero-order valence-electron chi connectivity index (χ0n) is 11.5. The third kappa shape index (κ3) is 2.53. The number of nitrogens with one attached hydrogen (secondary N) is 1. The average Bonchev–Trinajstić information content (AvgIpc) is 2.49. The van der Waals surface area contributed by atoms with Crippen LogP contribution < -0.4 is 11.1 Å². The first-order valence-corrected chi connectivity index (χ1v) is 6.52. The lowest BCUT2D eigenvalue weighted by Gasteiger charge is -2.09. The molecule has 0 saturated heterocycles. The molecule has 0 atom stereocenters. The molecular formula is C16H14N4O. The van der Waals surface area contributed by atoms with Crippen molar-refractivity contribution in [3.8, 4) is 0 Å². The van der Waals surface area contributed by atoms with Crippen LogP contribution in [0.5, 0.6) is 0 Å². The van der Waals surface area contributed by atoms with Crippen LogP contribution in [0, 0.1) is 6.92 Å². The Labute approximate surface area is 121 Å². The summed E-state index contributed by atoms with van der Waals surface area (Å²) in [6, 6.07) is 10.8. The van der Waals surface area contributed by atoms with E-state index in [2.05, 4.69) is 15.3 Å². The van der Waals surface area contributed by atoms with E-state index in [1.807, 2.05) is 31.2 Å². The summed E-state index contributed by atoms with van der Waals surface area (Å²) in [6.07, 6.45) is 3.32. The van der Waals surface area contributed by atoms with Crippen molar-refractivity contribution in [2.24, 2.45) is 0 Å². The molecular weight excluding hydrogens is 264 g/mol. The van der Waals surface area contributed by atoms with E-state index < -0.39 is 0 Å². The molecule has 3 rings (SSSR count). The molecule has 0 unspecified atom stereocenters. The predicted octanol–water partition coefficient (Wildman–Crippen LogP) is 2.77. The number of nitrogen functional groups attached to an aromatic ring is 1. The highest BCUT2D eigenvalue weighted by atomic mass is 16.1. The Morgan fingerprint density at radius 1 is 1.24 bits per heavy atom. The number of nitrogens with two attached hydrogens (primary N) is 1. The normalized spacial score (nSPS) is 10.5. The molecule has 3 N–H and O–H groups in total. The fourth-order valence-corrected chi connectivity index (χ4v) is 2.12. The molecule has 2 heterocycles. The molecule has 21 heavy (non-hydrogen) atoms. The molecule has 0 bridgehead atoms. The van der Waals surface area contributed by atoms with E-state index in [1.54, 1.807) is 24.5 Å². The largest absolute Gasteiger partial charge is 0.398 e. The molecule has 1 aromatic carbocycles. The van der Waals surface area contributed by atoms with Gasteiger partial charge in [0.15, 0.2) is 0 Å². The summed E-state index contributed by atoms with van der Waals surface area (Å²) in [5.41, 5.74) is 9.12. The molecule has 0 radical (unpaired) electrons. The van der Waals surface area contributed by atoms with Gasteiger partial charge in [-0.15, -0.1) is 0 Å². The van der Waals surface area contributed by atoms with Gasteiger partial charge >= 0.3 is 0 Å². The number of carbonyl (C=O) groups is 1. The van der Waals surface area contributed by atoms with Gasteiger partial charge in [-0.25, -0.2) is 4.98 Å². The zero-order valence-corrected chi connectivity index (χ0v) is 11.5. The number of aryl methyl sites for hydroxylation is 1. The number of amides is 1. The van der Waals surface area contributed by atoms with Crippen LogP contribution in [-0.4, -0.2) is 15.9 Å². The fourth-order valence-electron chi connectivity index (χ4n) is 2.12. The van der Waals surface area contributed by atoms with Crippen LogP contribution in [0.2, 0.25) is 0 Å². The number of hydrogen-bond acceptors (Lipinski definition) is 4. The predicted molar refractivity (Wildman–Crippen MR) is 83.1 cm³/mol. The Morgan fingerprint density at radius 3 is 2.86 bits per heavy atom. The second-order valence-corrected chi connectivity index (χ2v) is 4.76. The summed E-state index contributed by atoms with van der Waals surface area (Å²) in [7, 11) is 0. The van der Waals surface area contributed by atoms with Gasteiger partial charge in [0.2, 0.25) is 0 Å². The lowest BCUT2D eigenvalue weighted by atomic mass is 10.1. The maximum atomic E-state index is 12.3. The Hall–Kier alpha value is -2.95. The third-order valence-corrected chi connectivity index (χ3v) is 3.25. The summed E-state index contributed by atoms with van der Waals surface area (Å²) < 4.78 is 0. The Balaban J connectivity index is 1.97. The number of carbonyl (C=O) groups excluding carboxylic acids is 1. The van der Waals surface area contributed by atoms with E-state index in [1.165, 1.54) is 0 Å². The van der Waals surface area contributed by atoms with Crippen LogP contribution in [0.1, 0.15) is 16.1 Å². The number of hydrogen-bond donors (Lipinski definition) is 2. The highest BCUT2D eigenvalue weighted by Gasteiger charge is 2.11. The van der Waals surface area contributed by atoms with Crippen molar-refractivity contribution in [1.82, 2.24) is 9.97 Å². The zero-order chi connectivity index (χ0) is 14.8.